The van der Waals surface area contributed by atoms with Crippen LogP contribution in [0.5, 0.6) is 5.88 Å². The summed E-state index contributed by atoms with van der Waals surface area (Å²) in [6, 6.07) is 3.31. The quantitative estimate of drug-likeness (QED) is 0.348. The van der Waals surface area contributed by atoms with Gasteiger partial charge in [0.1, 0.15) is 16.9 Å². The number of benzene rings is 1. The molecule has 0 unspecified atom stereocenters. The van der Waals surface area contributed by atoms with E-state index in [1.54, 1.807) is 23.2 Å². The number of imidazole rings is 1. The lowest BCUT2D eigenvalue weighted by molar-refractivity contribution is -0.131. The SMILES string of the molecule is COc1nc(N[C@H]2CCN(C3COC3)CC2(F)F)nn2ccc(-c3cc(F)c4nc(C)n(CC(F)F)c4c3)c12. The Kier molecular flexibility index (Phi) is 6.33. The van der Waals surface area contributed by atoms with Crippen molar-refractivity contribution in [3.8, 4) is 17.0 Å². The van der Waals surface area contributed by atoms with Crippen LogP contribution in [-0.2, 0) is 11.3 Å². The monoisotopic (exact) mass is 551 g/mol. The lowest BCUT2D eigenvalue weighted by atomic mass is 9.98. The molecule has 5 heterocycles. The van der Waals surface area contributed by atoms with Gasteiger partial charge in [-0.3, -0.25) is 4.90 Å². The van der Waals surface area contributed by atoms with Gasteiger partial charge in [0, 0.05) is 18.3 Å². The summed E-state index contributed by atoms with van der Waals surface area (Å²) >= 11 is 0. The first-order chi connectivity index (χ1) is 18.6. The molecule has 2 fully saturated rings. The summed E-state index contributed by atoms with van der Waals surface area (Å²) in [6.45, 7) is 1.95. The van der Waals surface area contributed by atoms with Gasteiger partial charge in [0.2, 0.25) is 11.8 Å². The van der Waals surface area contributed by atoms with E-state index < -0.39 is 30.8 Å². The zero-order valence-electron chi connectivity index (χ0n) is 21.2. The maximum absolute atomic E-state index is 15.0. The summed E-state index contributed by atoms with van der Waals surface area (Å²) in [5, 5.41) is 7.12. The van der Waals surface area contributed by atoms with Crippen molar-refractivity contribution in [3.63, 3.8) is 0 Å². The van der Waals surface area contributed by atoms with Crippen molar-refractivity contribution in [2.45, 2.75) is 44.3 Å². The van der Waals surface area contributed by atoms with Gasteiger partial charge in [0.25, 0.3) is 12.3 Å². The highest BCUT2D eigenvalue weighted by Crippen LogP contribution is 2.36. The van der Waals surface area contributed by atoms with Crippen molar-refractivity contribution < 1.29 is 31.4 Å². The predicted octanol–water partition coefficient (Wildman–Crippen LogP) is 3.99. The number of piperidine rings is 1. The first-order valence-corrected chi connectivity index (χ1v) is 12.5. The van der Waals surface area contributed by atoms with E-state index >= 15 is 4.39 Å². The topological polar surface area (TPSA) is 81.7 Å². The molecule has 9 nitrogen and oxygen atoms in total. The summed E-state index contributed by atoms with van der Waals surface area (Å²) in [5.41, 5.74) is 1.43. The Morgan fingerprint density at radius 3 is 2.69 bits per heavy atom. The van der Waals surface area contributed by atoms with Crippen LogP contribution in [0.3, 0.4) is 0 Å². The van der Waals surface area contributed by atoms with E-state index in [1.807, 2.05) is 0 Å². The zero-order chi connectivity index (χ0) is 27.5. The molecular weight excluding hydrogens is 525 g/mol. The molecule has 39 heavy (non-hydrogen) atoms. The van der Waals surface area contributed by atoms with Crippen molar-refractivity contribution in [2.24, 2.45) is 0 Å². The summed E-state index contributed by atoms with van der Waals surface area (Å²) in [4.78, 5) is 10.2. The third-order valence-electron chi connectivity index (χ3n) is 7.37. The highest BCUT2D eigenvalue weighted by molar-refractivity contribution is 5.90. The minimum Gasteiger partial charge on any atom is -0.479 e. The van der Waals surface area contributed by atoms with E-state index in [-0.39, 0.29) is 47.7 Å². The normalized spacial score (nSPS) is 20.2. The van der Waals surface area contributed by atoms with Gasteiger partial charge in [-0.15, -0.1) is 5.10 Å². The van der Waals surface area contributed by atoms with Crippen molar-refractivity contribution in [3.05, 3.63) is 36.0 Å². The van der Waals surface area contributed by atoms with Gasteiger partial charge >= 0.3 is 0 Å². The maximum Gasteiger partial charge on any atom is 0.280 e. The summed E-state index contributed by atoms with van der Waals surface area (Å²) in [5.74, 6) is -3.38. The van der Waals surface area contributed by atoms with Gasteiger partial charge in [0.15, 0.2) is 5.82 Å². The molecule has 0 amide bonds. The van der Waals surface area contributed by atoms with Crippen LogP contribution in [0.1, 0.15) is 12.2 Å². The molecule has 3 aromatic heterocycles. The molecule has 0 saturated carbocycles. The van der Waals surface area contributed by atoms with Crippen LogP contribution < -0.4 is 10.1 Å². The van der Waals surface area contributed by atoms with E-state index in [4.69, 9.17) is 9.47 Å². The molecule has 1 aromatic carbocycles. The molecule has 2 aliphatic rings. The fraction of sp³-hybridized carbons (Fsp3) is 0.480. The minimum atomic E-state index is -3.02. The molecule has 14 heteroatoms. The summed E-state index contributed by atoms with van der Waals surface area (Å²) in [7, 11) is 1.38. The van der Waals surface area contributed by atoms with Crippen LogP contribution in [-0.4, -0.2) is 86.9 Å². The number of anilines is 1. The number of fused-ring (bicyclic) bond motifs is 2. The molecule has 1 N–H and O–H groups in total. The van der Waals surface area contributed by atoms with Crippen LogP contribution in [0.4, 0.5) is 27.9 Å². The maximum atomic E-state index is 15.0. The van der Waals surface area contributed by atoms with Gasteiger partial charge in [-0.1, -0.05) is 0 Å². The number of aromatic nitrogens is 5. The average molecular weight is 552 g/mol. The van der Waals surface area contributed by atoms with Crippen LogP contribution >= 0.6 is 0 Å². The molecule has 208 valence electrons. The second kappa shape index (κ2) is 9.59. The molecule has 6 rings (SSSR count). The van der Waals surface area contributed by atoms with E-state index in [9.17, 15) is 17.6 Å². The largest absolute Gasteiger partial charge is 0.479 e. The van der Waals surface area contributed by atoms with Crippen LogP contribution in [0, 0.1) is 12.7 Å². The summed E-state index contributed by atoms with van der Waals surface area (Å²) in [6.07, 6.45) is -0.884. The average Bonchev–Trinajstić information content (AvgIpc) is 3.40. The number of hydrogen-bond acceptors (Lipinski definition) is 7. The zero-order valence-corrected chi connectivity index (χ0v) is 21.2. The smallest absolute Gasteiger partial charge is 0.280 e. The van der Waals surface area contributed by atoms with Crippen molar-refractivity contribution in [1.82, 2.24) is 29.0 Å². The van der Waals surface area contributed by atoms with Crippen molar-refractivity contribution in [2.75, 3.05) is 38.7 Å². The van der Waals surface area contributed by atoms with Gasteiger partial charge in [0.05, 0.1) is 51.0 Å². The number of rotatable bonds is 7. The number of halogens is 5. The number of aryl methyl sites for hydroxylation is 1. The second-order valence-electron chi connectivity index (χ2n) is 9.86. The fourth-order valence-electron chi connectivity index (χ4n) is 5.30. The van der Waals surface area contributed by atoms with E-state index in [0.717, 1.165) is 0 Å². The van der Waals surface area contributed by atoms with Gasteiger partial charge < -0.3 is 19.4 Å². The van der Waals surface area contributed by atoms with Crippen molar-refractivity contribution in [1.29, 1.82) is 0 Å². The van der Waals surface area contributed by atoms with Crippen LogP contribution in [0.15, 0.2) is 24.4 Å². The molecule has 0 radical (unpaired) electrons. The number of hydrogen-bond donors (Lipinski definition) is 1. The third-order valence-corrected chi connectivity index (χ3v) is 7.37. The van der Waals surface area contributed by atoms with Gasteiger partial charge in [-0.2, -0.15) is 4.98 Å². The number of nitrogens with zero attached hydrogens (tertiary/aromatic N) is 6. The van der Waals surface area contributed by atoms with E-state index in [2.05, 4.69) is 20.4 Å². The Morgan fingerprint density at radius 2 is 2.03 bits per heavy atom. The second-order valence-corrected chi connectivity index (χ2v) is 9.86. The Labute approximate surface area is 219 Å². The van der Waals surface area contributed by atoms with Crippen LogP contribution in [0.25, 0.3) is 27.7 Å². The van der Waals surface area contributed by atoms with E-state index in [1.165, 1.54) is 29.2 Å². The highest BCUT2D eigenvalue weighted by atomic mass is 19.3. The molecule has 2 aliphatic heterocycles. The number of ether oxygens (including phenoxy) is 2. The van der Waals surface area contributed by atoms with E-state index in [0.29, 0.717) is 36.4 Å². The standard InChI is InChI=1S/C25H26F5N7O2/c1-13-31-21-17(26)7-14(8-18(21)36(13)9-20(27)28)16-3-6-37-22(16)23(38-2)33-24(34-37)32-19-4-5-35(12-25(19,29)30)15-10-39-11-15/h3,6-8,15,19-20H,4-5,9-12H2,1-2H3,(H,32,34)/t19-/m0/s1. The Bertz CT molecular complexity index is 1530. The number of methoxy groups -OCH3 is 1. The molecular formula is C25H26F5N7O2. The molecule has 4 aromatic rings. The fourth-order valence-corrected chi connectivity index (χ4v) is 5.30. The lowest BCUT2D eigenvalue weighted by Crippen LogP contribution is -2.61. The summed E-state index contributed by atoms with van der Waals surface area (Å²) < 4.78 is 84.7. The predicted molar refractivity (Wildman–Crippen MR) is 132 cm³/mol. The molecule has 0 spiro atoms. The molecule has 2 saturated heterocycles. The molecule has 0 aliphatic carbocycles. The van der Waals surface area contributed by atoms with Gasteiger partial charge in [-0.05, 0) is 37.1 Å². The minimum absolute atomic E-state index is 0.00748. The highest BCUT2D eigenvalue weighted by Gasteiger charge is 2.47. The molecule has 1 atom stereocenters. The Balaban J connectivity index is 1.33. The number of likely N-dealkylation sites (tertiary alicyclic amines) is 1. The first-order valence-electron chi connectivity index (χ1n) is 12.5. The number of nitrogens with one attached hydrogen (secondary N) is 1. The third kappa shape index (κ3) is 4.54. The first kappa shape index (κ1) is 25.7. The van der Waals surface area contributed by atoms with Crippen molar-refractivity contribution >= 4 is 22.5 Å². The Morgan fingerprint density at radius 1 is 1.23 bits per heavy atom. The van der Waals surface area contributed by atoms with Crippen LogP contribution in [0.2, 0.25) is 0 Å². The molecule has 0 bridgehead atoms. The lowest BCUT2D eigenvalue weighted by Gasteiger charge is -2.44. The Hall–Kier alpha value is -3.52. The number of alkyl halides is 4. The van der Waals surface area contributed by atoms with Gasteiger partial charge in [-0.25, -0.2) is 31.5 Å².